The largest absolute Gasteiger partial charge is 0.496 e. The van der Waals surface area contributed by atoms with E-state index in [9.17, 15) is 24.3 Å². The molecule has 2 unspecified atom stereocenters. The van der Waals surface area contributed by atoms with Crippen LogP contribution in [0.4, 0.5) is 11.4 Å². The van der Waals surface area contributed by atoms with Crippen molar-refractivity contribution in [2.24, 2.45) is 5.73 Å². The highest BCUT2D eigenvalue weighted by Crippen LogP contribution is 2.37. The number of carbonyl (C=O) groups is 4. The second kappa shape index (κ2) is 12.1. The van der Waals surface area contributed by atoms with Crippen molar-refractivity contribution in [3.05, 3.63) is 65.7 Å². The predicted molar refractivity (Wildman–Crippen MR) is 152 cm³/mol. The molecule has 11 nitrogen and oxygen atoms in total. The first-order chi connectivity index (χ1) is 19.2. The van der Waals surface area contributed by atoms with Gasteiger partial charge in [-0.1, -0.05) is 24.3 Å². The molecule has 40 heavy (non-hydrogen) atoms. The van der Waals surface area contributed by atoms with E-state index in [1.807, 2.05) is 0 Å². The highest BCUT2D eigenvalue weighted by Gasteiger charge is 2.37. The fourth-order valence-electron chi connectivity index (χ4n) is 4.80. The number of carbonyl (C=O) groups excluding carboxylic acids is 3. The topological polar surface area (TPSA) is 154 Å². The van der Waals surface area contributed by atoms with Crippen LogP contribution in [0.2, 0.25) is 0 Å². The van der Waals surface area contributed by atoms with Gasteiger partial charge in [0.05, 0.1) is 43.2 Å². The third kappa shape index (κ3) is 5.61. The molecule has 210 valence electrons. The van der Waals surface area contributed by atoms with Gasteiger partial charge in [0.2, 0.25) is 11.8 Å². The number of para-hydroxylation sites is 2. The van der Waals surface area contributed by atoms with Crippen molar-refractivity contribution in [2.45, 2.75) is 32.0 Å². The average Bonchev–Trinajstić information content (AvgIpc) is 3.07. The smallest absolute Gasteiger partial charge is 0.335 e. The van der Waals surface area contributed by atoms with E-state index in [4.69, 9.17) is 10.5 Å². The molecule has 0 saturated heterocycles. The van der Waals surface area contributed by atoms with Gasteiger partial charge in [0.15, 0.2) is 0 Å². The van der Waals surface area contributed by atoms with E-state index in [0.29, 0.717) is 33.5 Å². The molecule has 0 radical (unpaired) electrons. The number of aromatic carboxylic acids is 1. The predicted octanol–water partition coefficient (Wildman–Crippen LogP) is 1.87. The summed E-state index contributed by atoms with van der Waals surface area (Å²) in [5.74, 6) is -1.61. The maximum Gasteiger partial charge on any atom is 0.335 e. The van der Waals surface area contributed by atoms with Crippen molar-refractivity contribution in [2.75, 3.05) is 37.0 Å². The van der Waals surface area contributed by atoms with Crippen LogP contribution in [-0.4, -0.2) is 68.1 Å². The van der Waals surface area contributed by atoms with Crippen molar-refractivity contribution >= 4 is 45.8 Å². The Hall–Kier alpha value is -4.48. The monoisotopic (exact) mass is 547 g/mol. The number of rotatable bonds is 9. The minimum Gasteiger partial charge on any atom is -0.496 e. The molecule has 0 aliphatic carbocycles. The van der Waals surface area contributed by atoms with Crippen LogP contribution in [-0.2, 0) is 20.9 Å². The quantitative estimate of drug-likeness (QED) is 0.317. The van der Waals surface area contributed by atoms with Crippen LogP contribution in [0.15, 0.2) is 54.6 Å². The second-order valence-corrected chi connectivity index (χ2v) is 9.52. The number of amides is 3. The number of carboxylic acid groups (broad SMARTS) is 1. The molecule has 3 amide bonds. The lowest BCUT2D eigenvalue weighted by Gasteiger charge is -2.27. The van der Waals surface area contributed by atoms with Gasteiger partial charge in [-0.15, -0.1) is 0 Å². The summed E-state index contributed by atoms with van der Waals surface area (Å²) in [6, 6.07) is 13.7. The molecule has 4 rings (SSSR count). The van der Waals surface area contributed by atoms with E-state index < -0.39 is 24.0 Å². The molecular formula is C29H33N5O6. The van der Waals surface area contributed by atoms with Crippen LogP contribution < -0.4 is 30.9 Å². The van der Waals surface area contributed by atoms with E-state index in [0.717, 1.165) is 0 Å². The van der Waals surface area contributed by atoms with E-state index in [1.54, 1.807) is 62.5 Å². The molecule has 0 spiro atoms. The number of nitrogens with zero attached hydrogens (tertiary/aromatic N) is 2. The summed E-state index contributed by atoms with van der Waals surface area (Å²) >= 11 is 0. The molecule has 3 aromatic carbocycles. The number of carboxylic acids is 1. The molecule has 0 aromatic heterocycles. The van der Waals surface area contributed by atoms with Crippen molar-refractivity contribution in [3.8, 4) is 5.75 Å². The minimum atomic E-state index is -1.05. The lowest BCUT2D eigenvalue weighted by Crippen LogP contribution is -2.55. The fraction of sp³-hybridized carbons (Fsp3) is 0.310. The van der Waals surface area contributed by atoms with Crippen molar-refractivity contribution in [3.63, 3.8) is 0 Å². The maximum atomic E-state index is 14.2. The van der Waals surface area contributed by atoms with Crippen molar-refractivity contribution in [1.29, 1.82) is 0 Å². The number of ether oxygens (including phenoxy) is 1. The third-order valence-corrected chi connectivity index (χ3v) is 7.07. The lowest BCUT2D eigenvalue weighted by atomic mass is 10.00. The van der Waals surface area contributed by atoms with Gasteiger partial charge in [0.1, 0.15) is 11.8 Å². The Morgan fingerprint density at radius 2 is 1.85 bits per heavy atom. The zero-order chi connectivity index (χ0) is 29.0. The van der Waals surface area contributed by atoms with Crippen LogP contribution in [0.25, 0.3) is 10.8 Å². The Kier molecular flexibility index (Phi) is 8.66. The summed E-state index contributed by atoms with van der Waals surface area (Å²) < 4.78 is 5.65. The van der Waals surface area contributed by atoms with Gasteiger partial charge in [-0.2, -0.15) is 0 Å². The standard InChI is InChI=1S/C29H33N5O6/c1-17(31-2)27(36)32-22-16-33(26(35)12-13-30)23-6-4-5-7-24(23)34(28(22)37)15-21-20-10-8-19(29(38)39)14-18(20)9-11-25(21)40-3/h4-11,14,17,22,31H,12-13,15-16,30H2,1-3H3,(H,32,36)(H,38,39). The zero-order valence-corrected chi connectivity index (χ0v) is 22.6. The first-order valence-corrected chi connectivity index (χ1v) is 12.9. The molecule has 5 N–H and O–H groups in total. The van der Waals surface area contributed by atoms with Gasteiger partial charge in [-0.05, 0) is 55.1 Å². The first-order valence-electron chi connectivity index (χ1n) is 12.9. The number of anilines is 2. The van der Waals surface area contributed by atoms with Gasteiger partial charge in [0.25, 0.3) is 5.91 Å². The van der Waals surface area contributed by atoms with Crippen LogP contribution in [0.1, 0.15) is 29.3 Å². The lowest BCUT2D eigenvalue weighted by molar-refractivity contribution is -0.128. The summed E-state index contributed by atoms with van der Waals surface area (Å²) in [5.41, 5.74) is 7.47. The Morgan fingerprint density at radius 1 is 1.12 bits per heavy atom. The Balaban J connectivity index is 1.87. The molecule has 3 aromatic rings. The molecule has 1 aliphatic heterocycles. The van der Waals surface area contributed by atoms with Crippen molar-refractivity contribution in [1.82, 2.24) is 10.6 Å². The molecule has 1 heterocycles. The molecule has 2 atom stereocenters. The third-order valence-electron chi connectivity index (χ3n) is 7.07. The average molecular weight is 548 g/mol. The van der Waals surface area contributed by atoms with E-state index >= 15 is 0 Å². The number of hydrogen-bond donors (Lipinski definition) is 4. The van der Waals surface area contributed by atoms with Crippen LogP contribution in [0.5, 0.6) is 5.75 Å². The highest BCUT2D eigenvalue weighted by atomic mass is 16.5. The SMILES string of the molecule is CNC(C)C(=O)NC1CN(C(=O)CCN)c2ccccc2N(Cc2c(OC)ccc3cc(C(=O)O)ccc23)C1=O. The summed E-state index contributed by atoms with van der Waals surface area (Å²) in [6.07, 6.45) is 0.0686. The van der Waals surface area contributed by atoms with Gasteiger partial charge in [-0.3, -0.25) is 14.4 Å². The number of methoxy groups -OCH3 is 1. The van der Waals surface area contributed by atoms with Gasteiger partial charge < -0.3 is 36.0 Å². The summed E-state index contributed by atoms with van der Waals surface area (Å²) in [6.45, 7) is 1.78. The first kappa shape index (κ1) is 28.5. The van der Waals surface area contributed by atoms with E-state index in [-0.39, 0.29) is 43.4 Å². The maximum absolute atomic E-state index is 14.2. The number of benzene rings is 3. The summed E-state index contributed by atoms with van der Waals surface area (Å²) in [4.78, 5) is 54.8. The Morgan fingerprint density at radius 3 is 2.50 bits per heavy atom. The minimum absolute atomic E-state index is 0.0374. The highest BCUT2D eigenvalue weighted by molar-refractivity contribution is 6.08. The molecular weight excluding hydrogens is 514 g/mol. The van der Waals surface area contributed by atoms with Crippen LogP contribution in [0.3, 0.4) is 0 Å². The zero-order valence-electron chi connectivity index (χ0n) is 22.6. The van der Waals surface area contributed by atoms with Crippen LogP contribution in [0, 0.1) is 0 Å². The molecule has 0 fully saturated rings. The number of likely N-dealkylation sites (N-methyl/N-ethyl adjacent to an activating group) is 1. The van der Waals surface area contributed by atoms with Gasteiger partial charge in [0, 0.05) is 18.5 Å². The Bertz CT molecular complexity index is 1460. The number of hydrogen-bond acceptors (Lipinski definition) is 7. The van der Waals surface area contributed by atoms with Crippen LogP contribution >= 0.6 is 0 Å². The number of nitrogens with one attached hydrogen (secondary N) is 2. The molecule has 11 heteroatoms. The van der Waals surface area contributed by atoms with Crippen molar-refractivity contribution < 1.29 is 29.0 Å². The second-order valence-electron chi connectivity index (χ2n) is 9.52. The normalized spacial score (nSPS) is 15.8. The Labute approximate surface area is 231 Å². The molecule has 1 aliphatic rings. The molecule has 0 bridgehead atoms. The van der Waals surface area contributed by atoms with Gasteiger partial charge >= 0.3 is 5.97 Å². The molecule has 0 saturated carbocycles. The number of nitrogens with two attached hydrogens (primary N) is 1. The summed E-state index contributed by atoms with van der Waals surface area (Å²) in [5, 5.41) is 16.5. The van der Waals surface area contributed by atoms with Gasteiger partial charge in [-0.25, -0.2) is 4.79 Å². The number of fused-ring (bicyclic) bond motifs is 2. The van der Waals surface area contributed by atoms with E-state index in [2.05, 4.69) is 10.6 Å². The van der Waals surface area contributed by atoms with E-state index in [1.165, 1.54) is 23.0 Å². The summed E-state index contributed by atoms with van der Waals surface area (Å²) in [7, 11) is 3.16. The fourth-order valence-corrected chi connectivity index (χ4v) is 4.80.